The summed E-state index contributed by atoms with van der Waals surface area (Å²) in [4.78, 5) is 35.9. The fraction of sp³-hybridized carbons (Fsp3) is 0.250. The lowest BCUT2D eigenvalue weighted by Gasteiger charge is -2.30. The predicted molar refractivity (Wildman–Crippen MR) is 215 cm³/mol. The maximum atomic E-state index is 13.9. The number of nitrogen functional groups attached to an aromatic ring is 1. The molecule has 5 aromatic rings. The standard InChI is InChI=1S/C44H43N5O6/c1-46-36-23-42(40(53-3)21-34(36)44(51)48-14-8-11-29-9-4-6-12-37(29)48)55-26-28-15-27(16-32(45)17-28)25-54-41-22-35-31(19-39(41)52-2)20-43(50)49-33(24-47-35)18-30-10-5-7-13-38(30)49/h4-7,9-10,12-13,15-17,19,21-24,33,46H,8,11,14,18,20,25-26,45H2,1-3H3/b47-24-/t33-/m0/s1. The number of fused-ring (bicyclic) bond motifs is 5. The van der Waals surface area contributed by atoms with Gasteiger partial charge in [0.15, 0.2) is 23.0 Å². The summed E-state index contributed by atoms with van der Waals surface area (Å²) < 4.78 is 24.0. The minimum Gasteiger partial charge on any atom is -0.493 e. The van der Waals surface area contributed by atoms with Crippen molar-refractivity contribution in [1.82, 2.24) is 0 Å². The average Bonchev–Trinajstić information content (AvgIpc) is 3.58. The molecule has 0 unspecified atom stereocenters. The molecule has 0 saturated heterocycles. The second kappa shape index (κ2) is 15.1. The van der Waals surface area contributed by atoms with Crippen molar-refractivity contribution in [2.75, 3.05) is 48.7 Å². The molecule has 3 heterocycles. The zero-order chi connectivity index (χ0) is 38.1. The highest BCUT2D eigenvalue weighted by molar-refractivity contribution is 6.10. The first-order valence-electron chi connectivity index (χ1n) is 18.4. The number of nitrogens with two attached hydrogens (primary N) is 1. The molecule has 0 radical (unpaired) electrons. The normalized spacial score (nSPS) is 16.1. The molecule has 11 nitrogen and oxygen atoms in total. The molecule has 0 spiro atoms. The fourth-order valence-electron chi connectivity index (χ4n) is 7.78. The number of amides is 2. The Labute approximate surface area is 320 Å². The van der Waals surface area contributed by atoms with Gasteiger partial charge >= 0.3 is 0 Å². The molecule has 280 valence electrons. The molecule has 1 atom stereocenters. The van der Waals surface area contributed by atoms with E-state index < -0.39 is 0 Å². The van der Waals surface area contributed by atoms with Crippen molar-refractivity contribution in [1.29, 1.82) is 0 Å². The van der Waals surface area contributed by atoms with Gasteiger partial charge in [0.05, 0.1) is 43.6 Å². The van der Waals surface area contributed by atoms with Crippen LogP contribution in [0.25, 0.3) is 0 Å². The number of methoxy groups -OCH3 is 2. The largest absolute Gasteiger partial charge is 0.493 e. The SMILES string of the molecule is CNc1cc(OCc2cc(N)cc(COc3cc4c(cc3OC)CC(=O)N3c5ccccc5C[C@H]3/C=N\4)c2)c(OC)cc1C(=O)N1CCCc2ccccc21. The van der Waals surface area contributed by atoms with Gasteiger partial charge in [-0.05, 0) is 83.1 Å². The van der Waals surface area contributed by atoms with Crippen molar-refractivity contribution in [2.45, 2.75) is 44.9 Å². The summed E-state index contributed by atoms with van der Waals surface area (Å²) >= 11 is 0. The first kappa shape index (κ1) is 35.5. The molecule has 3 aliphatic rings. The van der Waals surface area contributed by atoms with Gasteiger partial charge in [-0.1, -0.05) is 36.4 Å². The zero-order valence-corrected chi connectivity index (χ0v) is 31.1. The van der Waals surface area contributed by atoms with Gasteiger partial charge in [0, 0.05) is 55.4 Å². The molecule has 0 fully saturated rings. The Balaban J connectivity index is 0.979. The Morgan fingerprint density at radius 1 is 0.818 bits per heavy atom. The molecule has 0 aromatic heterocycles. The lowest BCUT2D eigenvalue weighted by molar-refractivity contribution is -0.118. The lowest BCUT2D eigenvalue weighted by atomic mass is 10.0. The quantitative estimate of drug-likeness (QED) is 0.143. The smallest absolute Gasteiger partial charge is 0.260 e. The number of carbonyl (C=O) groups is 2. The van der Waals surface area contributed by atoms with Crippen molar-refractivity contribution >= 4 is 46.5 Å². The van der Waals surface area contributed by atoms with Crippen LogP contribution in [0.5, 0.6) is 23.0 Å². The van der Waals surface area contributed by atoms with Crippen LogP contribution in [0.2, 0.25) is 0 Å². The number of aryl methyl sites for hydroxylation is 1. The Morgan fingerprint density at radius 2 is 1.49 bits per heavy atom. The van der Waals surface area contributed by atoms with Gasteiger partial charge in [-0.3, -0.25) is 14.6 Å². The molecule has 5 aromatic carbocycles. The minimum absolute atomic E-state index is 0.0143. The van der Waals surface area contributed by atoms with E-state index in [1.807, 2.05) is 82.7 Å². The molecular weight excluding hydrogens is 695 g/mol. The van der Waals surface area contributed by atoms with Gasteiger partial charge < -0.3 is 39.8 Å². The molecule has 0 aliphatic carbocycles. The van der Waals surface area contributed by atoms with Crippen LogP contribution in [-0.4, -0.2) is 51.9 Å². The van der Waals surface area contributed by atoms with Crippen LogP contribution in [0, 0.1) is 0 Å². The van der Waals surface area contributed by atoms with Crippen molar-refractivity contribution < 1.29 is 28.5 Å². The summed E-state index contributed by atoms with van der Waals surface area (Å²) in [5, 5.41) is 3.17. The van der Waals surface area contributed by atoms with E-state index in [4.69, 9.17) is 29.7 Å². The van der Waals surface area contributed by atoms with E-state index in [0.29, 0.717) is 52.2 Å². The van der Waals surface area contributed by atoms with Crippen LogP contribution in [0.1, 0.15) is 44.6 Å². The van der Waals surface area contributed by atoms with Gasteiger partial charge in [-0.2, -0.15) is 0 Å². The van der Waals surface area contributed by atoms with Gasteiger partial charge in [-0.25, -0.2) is 0 Å². The number of aliphatic imine (C=N–C) groups is 1. The molecule has 0 saturated carbocycles. The third-order valence-electron chi connectivity index (χ3n) is 10.4. The monoisotopic (exact) mass is 737 g/mol. The highest BCUT2D eigenvalue weighted by Gasteiger charge is 2.34. The number of carbonyl (C=O) groups excluding carboxylic acids is 2. The van der Waals surface area contributed by atoms with Crippen LogP contribution in [0.15, 0.2) is 96.0 Å². The summed E-state index contributed by atoms with van der Waals surface area (Å²) in [6.45, 7) is 1.03. The van der Waals surface area contributed by atoms with Crippen molar-refractivity contribution in [3.8, 4) is 23.0 Å². The highest BCUT2D eigenvalue weighted by atomic mass is 16.5. The number of rotatable bonds is 10. The maximum absolute atomic E-state index is 13.9. The molecule has 55 heavy (non-hydrogen) atoms. The summed E-state index contributed by atoms with van der Waals surface area (Å²) in [7, 11) is 4.92. The van der Waals surface area contributed by atoms with E-state index in [9.17, 15) is 9.59 Å². The first-order valence-corrected chi connectivity index (χ1v) is 18.4. The van der Waals surface area contributed by atoms with E-state index in [0.717, 1.165) is 52.9 Å². The van der Waals surface area contributed by atoms with Crippen molar-refractivity contribution in [2.24, 2.45) is 4.99 Å². The topological polar surface area (TPSA) is 128 Å². The molecule has 8 rings (SSSR count). The third kappa shape index (κ3) is 7.01. The van der Waals surface area contributed by atoms with Crippen LogP contribution < -0.4 is 39.8 Å². The maximum Gasteiger partial charge on any atom is 0.260 e. The molecule has 3 aliphatic heterocycles. The molecule has 0 bridgehead atoms. The fourth-order valence-corrected chi connectivity index (χ4v) is 7.78. The average molecular weight is 738 g/mol. The van der Waals surface area contributed by atoms with E-state index >= 15 is 0 Å². The number of nitrogens with one attached hydrogen (secondary N) is 1. The first-order chi connectivity index (χ1) is 26.8. The van der Waals surface area contributed by atoms with Crippen LogP contribution >= 0.6 is 0 Å². The van der Waals surface area contributed by atoms with Crippen molar-refractivity contribution in [3.05, 3.63) is 124 Å². The molecular formula is C44H43N5O6. The number of nitrogens with zero attached hydrogens (tertiary/aromatic N) is 3. The van der Waals surface area contributed by atoms with E-state index in [2.05, 4.69) is 17.4 Å². The number of anilines is 4. The Kier molecular flexibility index (Phi) is 9.75. The Morgan fingerprint density at radius 3 is 2.22 bits per heavy atom. The molecule has 2 amide bonds. The van der Waals surface area contributed by atoms with Crippen LogP contribution in [0.4, 0.5) is 28.4 Å². The summed E-state index contributed by atoms with van der Waals surface area (Å²) in [6.07, 6.45) is 4.62. The van der Waals surface area contributed by atoms with Gasteiger partial charge in [0.1, 0.15) is 13.2 Å². The van der Waals surface area contributed by atoms with E-state index in [1.54, 1.807) is 33.4 Å². The lowest BCUT2D eigenvalue weighted by Crippen LogP contribution is -2.40. The van der Waals surface area contributed by atoms with Crippen LogP contribution in [0.3, 0.4) is 0 Å². The van der Waals surface area contributed by atoms with Gasteiger partial charge in [0.2, 0.25) is 5.91 Å². The predicted octanol–water partition coefficient (Wildman–Crippen LogP) is 7.30. The number of hydrogen-bond acceptors (Lipinski definition) is 9. The minimum atomic E-state index is -0.139. The summed E-state index contributed by atoms with van der Waals surface area (Å²) in [5.41, 5.74) is 15.3. The third-order valence-corrected chi connectivity index (χ3v) is 10.4. The van der Waals surface area contributed by atoms with Gasteiger partial charge in [0.25, 0.3) is 5.91 Å². The second-order valence-electron chi connectivity index (χ2n) is 13.9. The molecule has 11 heteroatoms. The van der Waals surface area contributed by atoms with Crippen molar-refractivity contribution in [3.63, 3.8) is 0 Å². The number of ether oxygens (including phenoxy) is 4. The highest BCUT2D eigenvalue weighted by Crippen LogP contribution is 2.40. The van der Waals surface area contributed by atoms with E-state index in [1.165, 1.54) is 5.56 Å². The Hall–Kier alpha value is -6.49. The summed E-state index contributed by atoms with van der Waals surface area (Å²) in [5.74, 6) is 1.85. The second-order valence-corrected chi connectivity index (χ2v) is 13.9. The number of para-hydroxylation sites is 2. The summed E-state index contributed by atoms with van der Waals surface area (Å²) in [6, 6.07) is 28.8. The van der Waals surface area contributed by atoms with Gasteiger partial charge in [-0.15, -0.1) is 0 Å². The zero-order valence-electron chi connectivity index (χ0n) is 31.1. The number of benzene rings is 5. The number of hydrogen-bond donors (Lipinski definition) is 2. The Bertz CT molecular complexity index is 2320. The van der Waals surface area contributed by atoms with Crippen LogP contribution in [-0.2, 0) is 37.3 Å². The van der Waals surface area contributed by atoms with E-state index in [-0.39, 0.29) is 37.5 Å². The molecule has 3 N–H and O–H groups in total.